The van der Waals surface area contributed by atoms with Crippen molar-refractivity contribution >= 4 is 11.9 Å². The Bertz CT molecular complexity index is 507. The first-order valence-corrected chi connectivity index (χ1v) is 9.06. The lowest BCUT2D eigenvalue weighted by Gasteiger charge is -2.18. The van der Waals surface area contributed by atoms with Gasteiger partial charge in [-0.05, 0) is 44.9 Å². The normalized spacial score (nSPS) is 11.2. The van der Waals surface area contributed by atoms with Gasteiger partial charge in [-0.15, -0.1) is 0 Å². The average molecular weight is 332 g/mol. The summed E-state index contributed by atoms with van der Waals surface area (Å²) in [5, 5.41) is 6.58. The number of aliphatic imine (C=N–C) groups is 1. The number of hydrogen-bond acceptors (Lipinski definition) is 2. The predicted molar refractivity (Wildman–Crippen MR) is 101 cm³/mol. The maximum atomic E-state index is 12.3. The fraction of sp³-hybridized carbons (Fsp3) is 0.579. The fourth-order valence-corrected chi connectivity index (χ4v) is 2.34. The molecule has 0 unspecified atom stereocenters. The van der Waals surface area contributed by atoms with Crippen LogP contribution in [0.25, 0.3) is 0 Å². The molecule has 1 amide bonds. The first-order valence-electron chi connectivity index (χ1n) is 9.06. The fourth-order valence-electron chi connectivity index (χ4n) is 2.34. The summed E-state index contributed by atoms with van der Waals surface area (Å²) < 4.78 is 0. The molecule has 0 aliphatic carbocycles. The van der Waals surface area contributed by atoms with E-state index in [9.17, 15) is 4.79 Å². The Hall–Kier alpha value is -2.04. The Morgan fingerprint density at radius 1 is 1.04 bits per heavy atom. The van der Waals surface area contributed by atoms with Gasteiger partial charge in [0.25, 0.3) is 5.91 Å². The number of hydrogen-bond donors (Lipinski definition) is 2. The van der Waals surface area contributed by atoms with Gasteiger partial charge in [0, 0.05) is 31.7 Å². The highest BCUT2D eigenvalue weighted by atomic mass is 16.2. The average Bonchev–Trinajstić information content (AvgIpc) is 2.61. The maximum absolute atomic E-state index is 12.3. The summed E-state index contributed by atoms with van der Waals surface area (Å²) in [6.07, 6.45) is 2.29. The molecular weight excluding hydrogens is 300 g/mol. The maximum Gasteiger partial charge on any atom is 0.253 e. The van der Waals surface area contributed by atoms with Crippen LogP contribution < -0.4 is 10.6 Å². The van der Waals surface area contributed by atoms with Crippen LogP contribution in [0.15, 0.2) is 29.3 Å². The smallest absolute Gasteiger partial charge is 0.253 e. The number of unbranched alkanes of at least 4 members (excludes halogenated alkanes) is 1. The van der Waals surface area contributed by atoms with Gasteiger partial charge in [-0.2, -0.15) is 0 Å². The lowest BCUT2D eigenvalue weighted by Crippen LogP contribution is -2.37. The van der Waals surface area contributed by atoms with E-state index in [4.69, 9.17) is 0 Å². The third kappa shape index (κ3) is 6.60. The van der Waals surface area contributed by atoms with Crippen LogP contribution in [0.2, 0.25) is 0 Å². The zero-order valence-corrected chi connectivity index (χ0v) is 15.6. The molecule has 0 bridgehead atoms. The van der Waals surface area contributed by atoms with Crippen molar-refractivity contribution in [1.82, 2.24) is 15.5 Å². The van der Waals surface area contributed by atoms with Gasteiger partial charge in [-0.25, -0.2) is 4.99 Å². The van der Waals surface area contributed by atoms with Crippen LogP contribution in [0.1, 0.15) is 56.5 Å². The monoisotopic (exact) mass is 332 g/mol. The Morgan fingerprint density at radius 3 is 2.25 bits per heavy atom. The highest BCUT2D eigenvalue weighted by molar-refractivity contribution is 5.94. The van der Waals surface area contributed by atoms with Crippen LogP contribution in [-0.2, 0) is 6.54 Å². The minimum atomic E-state index is 0.0876. The molecule has 134 valence electrons. The first kappa shape index (κ1) is 20.0. The molecule has 5 nitrogen and oxygen atoms in total. The molecule has 0 saturated heterocycles. The Labute approximate surface area is 146 Å². The van der Waals surface area contributed by atoms with E-state index in [1.54, 1.807) is 0 Å². The van der Waals surface area contributed by atoms with E-state index >= 15 is 0 Å². The molecule has 0 heterocycles. The van der Waals surface area contributed by atoms with Crippen LogP contribution in [0.3, 0.4) is 0 Å². The number of guanidine groups is 1. The Kier molecular flexibility index (Phi) is 9.58. The highest BCUT2D eigenvalue weighted by Crippen LogP contribution is 2.09. The minimum Gasteiger partial charge on any atom is -0.357 e. The van der Waals surface area contributed by atoms with E-state index in [1.165, 1.54) is 0 Å². The van der Waals surface area contributed by atoms with E-state index in [0.717, 1.165) is 56.1 Å². The quantitative estimate of drug-likeness (QED) is 0.415. The minimum absolute atomic E-state index is 0.0876. The Balaban J connectivity index is 2.67. The zero-order chi connectivity index (χ0) is 17.8. The van der Waals surface area contributed by atoms with Crippen molar-refractivity contribution in [2.75, 3.05) is 26.2 Å². The van der Waals surface area contributed by atoms with E-state index in [-0.39, 0.29) is 5.91 Å². The number of nitrogens with zero attached hydrogens (tertiary/aromatic N) is 2. The van der Waals surface area contributed by atoms with Gasteiger partial charge in [-0.3, -0.25) is 4.79 Å². The van der Waals surface area contributed by atoms with Gasteiger partial charge in [0.1, 0.15) is 0 Å². The van der Waals surface area contributed by atoms with E-state index < -0.39 is 0 Å². The molecule has 0 aromatic heterocycles. The van der Waals surface area contributed by atoms with E-state index in [0.29, 0.717) is 6.54 Å². The van der Waals surface area contributed by atoms with Gasteiger partial charge in [-0.1, -0.05) is 25.5 Å². The van der Waals surface area contributed by atoms with Gasteiger partial charge >= 0.3 is 0 Å². The molecule has 1 rings (SSSR count). The highest BCUT2D eigenvalue weighted by Gasteiger charge is 2.11. The standard InChI is InChI=1S/C19H32N4O/c1-5-9-14-21-19(20-6-2)22-15-16-10-12-17(13-11-16)18(24)23(7-3)8-4/h10-13H,5-9,14-15H2,1-4H3,(H2,20,21,22). The number of amides is 1. The van der Waals surface area contributed by atoms with Crippen LogP contribution in [0.5, 0.6) is 0 Å². The van der Waals surface area contributed by atoms with Crippen molar-refractivity contribution in [3.05, 3.63) is 35.4 Å². The molecule has 0 aliphatic heterocycles. The lowest BCUT2D eigenvalue weighted by atomic mass is 10.1. The van der Waals surface area contributed by atoms with Crippen molar-refractivity contribution in [1.29, 1.82) is 0 Å². The molecule has 1 aromatic rings. The topological polar surface area (TPSA) is 56.7 Å². The summed E-state index contributed by atoms with van der Waals surface area (Å²) in [5.41, 5.74) is 1.83. The van der Waals surface area contributed by atoms with E-state index in [1.807, 2.05) is 43.0 Å². The van der Waals surface area contributed by atoms with Gasteiger partial charge in [0.2, 0.25) is 0 Å². The summed E-state index contributed by atoms with van der Waals surface area (Å²) >= 11 is 0. The summed E-state index contributed by atoms with van der Waals surface area (Å²) in [7, 11) is 0. The molecule has 24 heavy (non-hydrogen) atoms. The van der Waals surface area contributed by atoms with Crippen molar-refractivity contribution in [2.45, 2.75) is 47.1 Å². The Morgan fingerprint density at radius 2 is 1.71 bits per heavy atom. The summed E-state index contributed by atoms with van der Waals surface area (Å²) in [4.78, 5) is 18.7. The van der Waals surface area contributed by atoms with Gasteiger partial charge in [0.05, 0.1) is 6.54 Å². The number of carbonyl (C=O) groups is 1. The molecule has 0 atom stereocenters. The second-order valence-corrected chi connectivity index (χ2v) is 5.65. The van der Waals surface area contributed by atoms with Crippen LogP contribution in [0.4, 0.5) is 0 Å². The lowest BCUT2D eigenvalue weighted by molar-refractivity contribution is 0.0773. The summed E-state index contributed by atoms with van der Waals surface area (Å²) in [5.74, 6) is 0.930. The van der Waals surface area contributed by atoms with Gasteiger partial charge in [0.15, 0.2) is 5.96 Å². The van der Waals surface area contributed by atoms with Gasteiger partial charge < -0.3 is 15.5 Å². The SMILES string of the molecule is CCCCNC(=NCc1ccc(C(=O)N(CC)CC)cc1)NCC. The molecule has 0 saturated carbocycles. The molecule has 2 N–H and O–H groups in total. The van der Waals surface area contributed by atoms with Crippen molar-refractivity contribution in [3.8, 4) is 0 Å². The van der Waals surface area contributed by atoms with Crippen LogP contribution in [-0.4, -0.2) is 42.9 Å². The molecule has 5 heteroatoms. The van der Waals surface area contributed by atoms with E-state index in [2.05, 4.69) is 29.5 Å². The van der Waals surface area contributed by atoms with Crippen LogP contribution in [0, 0.1) is 0 Å². The second-order valence-electron chi connectivity index (χ2n) is 5.65. The van der Waals surface area contributed by atoms with Crippen molar-refractivity contribution < 1.29 is 4.79 Å². The third-order valence-electron chi connectivity index (χ3n) is 3.84. The molecular formula is C19H32N4O. The molecule has 0 fully saturated rings. The molecule has 0 radical (unpaired) electrons. The van der Waals surface area contributed by atoms with Crippen molar-refractivity contribution in [2.24, 2.45) is 4.99 Å². The number of carbonyl (C=O) groups excluding carboxylic acids is 1. The number of nitrogens with one attached hydrogen (secondary N) is 2. The van der Waals surface area contributed by atoms with Crippen molar-refractivity contribution in [3.63, 3.8) is 0 Å². The largest absolute Gasteiger partial charge is 0.357 e. The summed E-state index contributed by atoms with van der Waals surface area (Å²) in [6, 6.07) is 7.75. The summed E-state index contributed by atoms with van der Waals surface area (Å²) in [6.45, 7) is 12.1. The second kappa shape index (κ2) is 11.5. The number of benzene rings is 1. The molecule has 1 aromatic carbocycles. The number of rotatable bonds is 9. The molecule has 0 spiro atoms. The zero-order valence-electron chi connectivity index (χ0n) is 15.6. The van der Waals surface area contributed by atoms with Crippen LogP contribution >= 0.6 is 0 Å². The molecule has 0 aliphatic rings. The first-order chi connectivity index (χ1) is 11.7. The predicted octanol–water partition coefficient (Wildman–Crippen LogP) is 3.02. The third-order valence-corrected chi connectivity index (χ3v) is 3.84.